The van der Waals surface area contributed by atoms with Crippen molar-refractivity contribution in [3.63, 3.8) is 0 Å². The van der Waals surface area contributed by atoms with Gasteiger partial charge in [-0.1, -0.05) is 80.1 Å². The number of fused-ring (bicyclic) bond motifs is 3. The van der Waals surface area contributed by atoms with Crippen LogP contribution >= 0.6 is 0 Å². The van der Waals surface area contributed by atoms with E-state index in [-0.39, 0.29) is 11.6 Å². The number of hydrogen-bond acceptors (Lipinski definition) is 2. The Balaban J connectivity index is 1.62. The molecular weight excluding hydrogens is 416 g/mol. The van der Waals surface area contributed by atoms with Crippen molar-refractivity contribution < 1.29 is 4.79 Å². The molecule has 0 bridgehead atoms. The van der Waals surface area contributed by atoms with Crippen molar-refractivity contribution in [2.24, 2.45) is 0 Å². The van der Waals surface area contributed by atoms with E-state index in [0.29, 0.717) is 12.3 Å². The molecule has 3 nitrogen and oxygen atoms in total. The topological polar surface area (TPSA) is 23.6 Å². The first-order valence-electron chi connectivity index (χ1n) is 12.8. The van der Waals surface area contributed by atoms with Gasteiger partial charge in [0.15, 0.2) is 0 Å². The van der Waals surface area contributed by atoms with Crippen molar-refractivity contribution >= 4 is 11.6 Å². The normalized spacial score (nSPS) is 21.0. The zero-order chi connectivity index (χ0) is 23.7. The smallest absolute Gasteiger partial charge is 0.224 e. The maximum atomic E-state index is 13.5. The zero-order valence-electron chi connectivity index (χ0n) is 20.8. The second kappa shape index (κ2) is 9.29. The fourth-order valence-electron chi connectivity index (χ4n) is 6.19. The molecule has 3 aromatic carbocycles. The highest BCUT2D eigenvalue weighted by Gasteiger charge is 2.58. The third-order valence-electron chi connectivity index (χ3n) is 8.07. The van der Waals surface area contributed by atoms with Gasteiger partial charge in [-0.3, -0.25) is 4.79 Å². The van der Waals surface area contributed by atoms with E-state index in [2.05, 4.69) is 103 Å². The summed E-state index contributed by atoms with van der Waals surface area (Å²) < 4.78 is 0. The minimum absolute atomic E-state index is 0.0495. The number of anilines is 1. The highest BCUT2D eigenvalue weighted by Crippen LogP contribution is 2.54. The summed E-state index contributed by atoms with van der Waals surface area (Å²) in [6, 6.07) is 26.3. The Kier molecular flexibility index (Phi) is 6.20. The maximum Gasteiger partial charge on any atom is 0.224 e. The van der Waals surface area contributed by atoms with Gasteiger partial charge in [0.05, 0.1) is 0 Å². The zero-order valence-corrected chi connectivity index (χ0v) is 20.8. The molecule has 2 aliphatic rings. The van der Waals surface area contributed by atoms with Crippen LogP contribution in [0.3, 0.4) is 0 Å². The molecule has 1 amide bonds. The number of amides is 1. The lowest BCUT2D eigenvalue weighted by atomic mass is 9.73. The molecule has 2 unspecified atom stereocenters. The van der Waals surface area contributed by atoms with Crippen molar-refractivity contribution in [1.82, 2.24) is 4.90 Å². The van der Waals surface area contributed by atoms with Gasteiger partial charge < -0.3 is 9.80 Å². The van der Waals surface area contributed by atoms with E-state index in [1.165, 1.54) is 33.5 Å². The van der Waals surface area contributed by atoms with E-state index in [4.69, 9.17) is 0 Å². The lowest BCUT2D eigenvalue weighted by Crippen LogP contribution is -2.52. The fourth-order valence-corrected chi connectivity index (χ4v) is 6.19. The molecule has 0 N–H and O–H groups in total. The van der Waals surface area contributed by atoms with Crippen molar-refractivity contribution in [3.8, 4) is 0 Å². The van der Waals surface area contributed by atoms with Crippen LogP contribution in [0.15, 0.2) is 72.8 Å². The van der Waals surface area contributed by atoms with Crippen LogP contribution in [0, 0.1) is 13.8 Å². The van der Waals surface area contributed by atoms with E-state index < -0.39 is 0 Å². The van der Waals surface area contributed by atoms with Crippen molar-refractivity contribution in [2.45, 2.75) is 71.0 Å². The first-order chi connectivity index (χ1) is 16.5. The molecule has 1 fully saturated rings. The molecule has 2 heterocycles. The summed E-state index contributed by atoms with van der Waals surface area (Å²) in [7, 11) is 0. The first kappa shape index (κ1) is 22.7. The number of unbranched alkanes of at least 4 members (excludes halogenated alkanes) is 1. The van der Waals surface area contributed by atoms with Crippen LogP contribution in [-0.4, -0.2) is 23.5 Å². The summed E-state index contributed by atoms with van der Waals surface area (Å²) in [5, 5.41) is 0. The average molecular weight is 453 g/mol. The van der Waals surface area contributed by atoms with Crippen LogP contribution in [0.25, 0.3) is 0 Å². The van der Waals surface area contributed by atoms with E-state index in [1.54, 1.807) is 0 Å². The van der Waals surface area contributed by atoms with Crippen molar-refractivity contribution in [2.75, 3.05) is 11.4 Å². The Labute approximate surface area is 204 Å². The third-order valence-corrected chi connectivity index (χ3v) is 8.07. The first-order valence-corrected chi connectivity index (χ1v) is 12.8. The van der Waals surface area contributed by atoms with E-state index >= 15 is 0 Å². The highest BCUT2D eigenvalue weighted by atomic mass is 16.2. The maximum absolute atomic E-state index is 13.5. The molecule has 0 saturated carbocycles. The third kappa shape index (κ3) is 3.81. The molecule has 3 aromatic rings. The van der Waals surface area contributed by atoms with Crippen LogP contribution in [-0.2, 0) is 23.2 Å². The number of carbonyl (C=O) groups excluding carboxylic acids is 1. The van der Waals surface area contributed by atoms with Gasteiger partial charge in [0, 0.05) is 30.6 Å². The number of likely N-dealkylation sites (tertiary alicyclic amines) is 1. The number of benzene rings is 3. The molecule has 2 aliphatic heterocycles. The molecule has 5 rings (SSSR count). The van der Waals surface area contributed by atoms with Gasteiger partial charge in [-0.05, 0) is 67.0 Å². The number of hydrogen-bond donors (Lipinski definition) is 0. The number of aryl methyl sites for hydroxylation is 2. The Bertz CT molecular complexity index is 1190. The average Bonchev–Trinajstić information content (AvgIpc) is 3.34. The number of para-hydroxylation sites is 1. The van der Waals surface area contributed by atoms with Gasteiger partial charge in [-0.25, -0.2) is 0 Å². The van der Waals surface area contributed by atoms with Gasteiger partial charge >= 0.3 is 0 Å². The summed E-state index contributed by atoms with van der Waals surface area (Å²) in [5.74, 6) is 0.307. The van der Waals surface area contributed by atoms with E-state index in [0.717, 1.165) is 38.8 Å². The molecule has 2 atom stereocenters. The van der Waals surface area contributed by atoms with Crippen LogP contribution in [0.1, 0.15) is 60.4 Å². The van der Waals surface area contributed by atoms with Crippen LogP contribution in [0.4, 0.5) is 5.69 Å². The molecule has 176 valence electrons. The summed E-state index contributed by atoms with van der Waals surface area (Å²) >= 11 is 0. The second-order valence-corrected chi connectivity index (χ2v) is 10.1. The summed E-state index contributed by atoms with van der Waals surface area (Å²) in [6.45, 7) is 8.22. The van der Waals surface area contributed by atoms with Gasteiger partial charge in [-0.2, -0.15) is 0 Å². The molecule has 0 spiro atoms. The molecular formula is C31H36N2O. The predicted molar refractivity (Wildman–Crippen MR) is 140 cm³/mol. The number of nitrogens with zero attached hydrogens (tertiary/aromatic N) is 2. The van der Waals surface area contributed by atoms with Gasteiger partial charge in [0.2, 0.25) is 5.91 Å². The summed E-state index contributed by atoms with van der Waals surface area (Å²) in [4.78, 5) is 18.3. The van der Waals surface area contributed by atoms with Crippen LogP contribution in [0.5, 0.6) is 0 Å². The fraction of sp³-hybridized carbons (Fsp3) is 0.387. The summed E-state index contributed by atoms with van der Waals surface area (Å²) in [5.41, 5.74) is 7.96. The lowest BCUT2D eigenvalue weighted by Gasteiger charge is -2.39. The largest absolute Gasteiger partial charge is 0.346 e. The monoisotopic (exact) mass is 452 g/mol. The second-order valence-electron chi connectivity index (χ2n) is 10.1. The predicted octanol–water partition coefficient (Wildman–Crippen LogP) is 6.55. The van der Waals surface area contributed by atoms with Crippen molar-refractivity contribution in [3.05, 3.63) is 101 Å². The SMILES string of the molecule is CCCCC(=O)N1CCC2(Cc3ccccc3C)c3ccccc3N(Cc3ccccc3C)C12. The van der Waals surface area contributed by atoms with Crippen molar-refractivity contribution in [1.29, 1.82) is 0 Å². The Morgan fingerprint density at radius 2 is 1.56 bits per heavy atom. The Hall–Kier alpha value is -3.07. The molecule has 0 aliphatic carbocycles. The minimum Gasteiger partial charge on any atom is -0.346 e. The minimum atomic E-state index is -0.0900. The molecule has 3 heteroatoms. The summed E-state index contributed by atoms with van der Waals surface area (Å²) in [6.07, 6.45) is 4.66. The molecule has 0 aromatic heterocycles. The van der Waals surface area contributed by atoms with E-state index in [9.17, 15) is 4.79 Å². The van der Waals surface area contributed by atoms with Crippen LogP contribution in [0.2, 0.25) is 0 Å². The molecule has 34 heavy (non-hydrogen) atoms. The Morgan fingerprint density at radius 1 is 0.912 bits per heavy atom. The lowest BCUT2D eigenvalue weighted by molar-refractivity contribution is -0.132. The standard InChI is InChI=1S/C31H36N2O/c1-4-5-18-29(34)32-20-19-31(21-25-14-8-6-12-23(25)2)27-16-10-11-17-28(27)33(30(31)32)22-26-15-9-7-13-24(26)3/h6-17,30H,4-5,18-22H2,1-3H3. The van der Waals surface area contributed by atoms with Gasteiger partial charge in [0.1, 0.15) is 6.17 Å². The highest BCUT2D eigenvalue weighted by molar-refractivity contribution is 5.80. The number of carbonyl (C=O) groups is 1. The number of rotatable bonds is 7. The Morgan fingerprint density at radius 3 is 2.26 bits per heavy atom. The van der Waals surface area contributed by atoms with E-state index in [1.807, 2.05) is 0 Å². The molecule has 1 saturated heterocycles. The molecule has 0 radical (unpaired) electrons. The van der Waals surface area contributed by atoms with Crippen LogP contribution < -0.4 is 4.90 Å². The van der Waals surface area contributed by atoms with Gasteiger partial charge in [0.25, 0.3) is 0 Å². The quantitative estimate of drug-likeness (QED) is 0.406. The van der Waals surface area contributed by atoms with Gasteiger partial charge in [-0.15, -0.1) is 0 Å².